The van der Waals surface area contributed by atoms with Crippen LogP contribution in [0.5, 0.6) is 0 Å². The van der Waals surface area contributed by atoms with Crippen molar-refractivity contribution >= 4 is 37.2 Å². The summed E-state index contributed by atoms with van der Waals surface area (Å²) >= 11 is 3.75. The quantitative estimate of drug-likeness (QED) is 0.221. The minimum atomic E-state index is -0.190. The summed E-state index contributed by atoms with van der Waals surface area (Å²) in [6, 6.07) is 0. The van der Waals surface area contributed by atoms with E-state index in [2.05, 4.69) is 37.2 Å². The zero-order valence-corrected chi connectivity index (χ0v) is 34.1. The minimum absolute atomic E-state index is 0.190. The Labute approximate surface area is 238 Å². The van der Waals surface area contributed by atoms with Crippen LogP contribution >= 0.6 is 37.2 Å². The predicted molar refractivity (Wildman–Crippen MR) is 167 cm³/mol. The summed E-state index contributed by atoms with van der Waals surface area (Å²) in [5.74, 6) is 0. The maximum absolute atomic E-state index is 6.30. The molecule has 0 aliphatic rings. The molecule has 0 atom stereocenters. The summed E-state index contributed by atoms with van der Waals surface area (Å²) < 4.78 is 12.6. The van der Waals surface area contributed by atoms with Gasteiger partial charge in [0.2, 0.25) is 0 Å². The molecule has 28 heavy (non-hydrogen) atoms. The van der Waals surface area contributed by atoms with Gasteiger partial charge in [-0.3, -0.25) is 0 Å². The van der Waals surface area contributed by atoms with Crippen LogP contribution in [0.2, 0.25) is 0 Å². The van der Waals surface area contributed by atoms with Gasteiger partial charge in [-0.15, -0.1) is 0 Å². The number of rotatable bonds is 0. The first-order valence-corrected chi connectivity index (χ1v) is 24.9. The van der Waals surface area contributed by atoms with E-state index in [0.29, 0.717) is 0 Å². The molecule has 0 aromatic rings. The second kappa shape index (κ2) is 2930. The molecule has 0 radical (unpaired) electrons. The molecule has 0 spiro atoms. The van der Waals surface area contributed by atoms with Crippen LogP contribution in [0.4, 0.5) is 0 Å². The molecule has 0 heterocycles. The fourth-order valence-corrected chi connectivity index (χ4v) is 0. The van der Waals surface area contributed by atoms with Gasteiger partial charge in [-0.05, 0) is 0 Å². The van der Waals surface area contributed by atoms with Crippen molar-refractivity contribution in [2.75, 3.05) is 0 Å². The van der Waals surface area contributed by atoms with Gasteiger partial charge in [0.05, 0.1) is 0 Å². The summed E-state index contributed by atoms with van der Waals surface area (Å²) in [6.45, 7) is 48.0. The Balaban J connectivity index is -0.00000000769. The third-order valence-corrected chi connectivity index (χ3v) is 0. The molecule has 0 nitrogen and oxygen atoms in total. The maximum atomic E-state index is 6.30. The van der Waals surface area contributed by atoms with Gasteiger partial charge in [-0.1, -0.05) is 166 Å². The molecular formula is C24H74I4-2. The third kappa shape index (κ3) is 2640. The summed E-state index contributed by atoms with van der Waals surface area (Å²) in [4.78, 5) is 0. The van der Waals surface area contributed by atoms with Gasteiger partial charge < -0.3 is 0 Å². The normalized spacial score (nSPS) is 4.21. The SMILES string of the molecule is CC.CC.CC.CC.CC.CC.CC.CC.CC.CC.CC.CC.[3H][I-]I.[3H][I-]I. The van der Waals surface area contributed by atoms with Crippen molar-refractivity contribution in [3.05, 3.63) is 0 Å². The monoisotopic (exact) mass is 874 g/mol. The Kier molecular flexibility index (Phi) is 8110. The van der Waals surface area contributed by atoms with E-state index in [-0.39, 0.29) is 36.8 Å². The van der Waals surface area contributed by atoms with E-state index in [1.54, 1.807) is 0 Å². The summed E-state index contributed by atoms with van der Waals surface area (Å²) in [5.41, 5.74) is 0. The molecule has 0 bridgehead atoms. The summed E-state index contributed by atoms with van der Waals surface area (Å²) in [6.07, 6.45) is 0. The Morgan fingerprint density at radius 3 is 0.286 bits per heavy atom. The van der Waals surface area contributed by atoms with Crippen LogP contribution in [0.3, 0.4) is 0 Å². The van der Waals surface area contributed by atoms with Crippen molar-refractivity contribution in [2.24, 2.45) is 0 Å². The van der Waals surface area contributed by atoms with Gasteiger partial charge in [0.15, 0.2) is 0 Å². The van der Waals surface area contributed by atoms with Crippen molar-refractivity contribution in [1.29, 1.82) is 1.19 Å². The molecule has 0 aliphatic heterocycles. The molecule has 0 saturated carbocycles. The summed E-state index contributed by atoms with van der Waals surface area (Å²) in [5, 5.41) is 0. The van der Waals surface area contributed by atoms with Gasteiger partial charge in [0.25, 0.3) is 0 Å². The standard InChI is InChI=1S/12C2H6.2HI2/c14*1-2/h12*1-2H3;2*1H/q;;;;;;;;;;;;2*-1/i;;;;;;;;;;;;2*1T. The van der Waals surface area contributed by atoms with E-state index in [1.807, 2.05) is 166 Å². The molecule has 0 aromatic heterocycles. The van der Waals surface area contributed by atoms with E-state index in [1.165, 1.54) is 0 Å². The van der Waals surface area contributed by atoms with Crippen LogP contribution in [0.15, 0.2) is 0 Å². The van der Waals surface area contributed by atoms with Crippen LogP contribution in [0, 0.1) is 0 Å². The molecule has 0 amide bonds. The van der Waals surface area contributed by atoms with Crippen LogP contribution in [0.1, 0.15) is 166 Å². The first-order chi connectivity index (χ1) is 14.8. The van der Waals surface area contributed by atoms with Crippen molar-refractivity contribution in [1.82, 2.24) is 0 Å². The molecule has 0 saturated heterocycles. The zero-order valence-electron chi connectivity index (χ0n) is 27.5. The third-order valence-electron chi connectivity index (χ3n) is 0. The van der Waals surface area contributed by atoms with Crippen LogP contribution in [0.25, 0.3) is 0 Å². The second-order valence-corrected chi connectivity index (χ2v) is 0. The molecule has 0 aliphatic carbocycles. The fraction of sp³-hybridized carbons (Fsp3) is 1.00. The first kappa shape index (κ1) is 77.3. The molecule has 4 heteroatoms. The predicted octanol–water partition coefficient (Wildman–Crippen LogP) is 7.56. The van der Waals surface area contributed by atoms with E-state index in [9.17, 15) is 0 Å². The topological polar surface area (TPSA) is 0 Å². The molecule has 0 N–H and O–H groups in total. The van der Waals surface area contributed by atoms with Gasteiger partial charge in [0.1, 0.15) is 0 Å². The average Bonchev–Trinajstić information content (AvgIpc) is 2.94. The fourth-order valence-electron chi connectivity index (χ4n) is 0. The van der Waals surface area contributed by atoms with Crippen molar-refractivity contribution in [3.8, 4) is 0 Å². The van der Waals surface area contributed by atoms with Crippen molar-refractivity contribution in [3.63, 3.8) is 0 Å². The van der Waals surface area contributed by atoms with E-state index < -0.39 is 0 Å². The van der Waals surface area contributed by atoms with E-state index in [4.69, 9.17) is 1.19 Å². The molecule has 0 aromatic carbocycles. The number of hydrogen-bond donors (Lipinski definition) is 0. The zero-order chi connectivity index (χ0) is 29.4. The van der Waals surface area contributed by atoms with E-state index >= 15 is 0 Å². The van der Waals surface area contributed by atoms with Crippen LogP contribution in [-0.4, -0.2) is 1.19 Å². The molecule has 0 unspecified atom stereocenters. The average molecular weight is 874 g/mol. The summed E-state index contributed by atoms with van der Waals surface area (Å²) in [7, 11) is 0. The van der Waals surface area contributed by atoms with Gasteiger partial charge in [0, 0.05) is 0 Å². The van der Waals surface area contributed by atoms with Crippen molar-refractivity contribution in [2.45, 2.75) is 166 Å². The molecular weight excluding hydrogens is 796 g/mol. The first-order valence-electron chi connectivity index (χ1n) is 13.0. The molecule has 0 rings (SSSR count). The Bertz CT molecular complexity index is 29.2. The Morgan fingerprint density at radius 2 is 0.286 bits per heavy atom. The Hall–Kier alpha value is 2.92. The van der Waals surface area contributed by atoms with E-state index in [0.717, 1.165) is 0 Å². The van der Waals surface area contributed by atoms with Gasteiger partial charge in [-0.2, -0.15) is 0 Å². The second-order valence-electron chi connectivity index (χ2n) is 0. The van der Waals surface area contributed by atoms with Crippen LogP contribution in [-0.2, 0) is 0 Å². The number of halogens is 4. The Morgan fingerprint density at radius 1 is 0.286 bits per heavy atom. The molecule has 200 valence electrons. The number of hydrogen-bond acceptors (Lipinski definition) is 0. The van der Waals surface area contributed by atoms with Crippen molar-refractivity contribution < 1.29 is 36.8 Å². The van der Waals surface area contributed by atoms with Gasteiger partial charge in [-0.25, -0.2) is 0 Å². The molecule has 0 fully saturated rings. The van der Waals surface area contributed by atoms with Crippen LogP contribution < -0.4 is 36.8 Å². The van der Waals surface area contributed by atoms with Gasteiger partial charge >= 0.3 is 75.3 Å².